The van der Waals surface area contributed by atoms with Crippen molar-refractivity contribution in [3.63, 3.8) is 0 Å². The molecule has 4 saturated carbocycles. The first kappa shape index (κ1) is 83.8. The van der Waals surface area contributed by atoms with Crippen LogP contribution in [-0.4, -0.2) is 76.5 Å². The Balaban J connectivity index is 0.000000168. The van der Waals surface area contributed by atoms with E-state index in [4.69, 9.17) is 86.4 Å². The topological polar surface area (TPSA) is 266 Å². The van der Waals surface area contributed by atoms with Gasteiger partial charge in [-0.1, -0.05) is 108 Å². The van der Waals surface area contributed by atoms with Gasteiger partial charge in [0.1, 0.15) is 70.2 Å². The van der Waals surface area contributed by atoms with E-state index < -0.39 is 0 Å². The van der Waals surface area contributed by atoms with E-state index in [1.54, 1.807) is 85.2 Å². The molecule has 0 radical (unpaired) electrons. The number of hydrogen-bond donors (Lipinski definition) is 0. The number of hydrogen-bond acceptors (Lipinski definition) is 17. The molecule has 0 atom stereocenters. The van der Waals surface area contributed by atoms with Gasteiger partial charge in [-0.05, 0) is 216 Å². The van der Waals surface area contributed by atoms with Gasteiger partial charge in [0.15, 0.2) is 17.3 Å². The number of nitrogens with zero attached hydrogens (tertiary/aromatic N) is 11. The van der Waals surface area contributed by atoms with Crippen LogP contribution in [0.4, 0.5) is 0 Å². The molecule has 4 heterocycles. The number of imidazole rings is 1. The molecular formula is C87H97Cl4N11O7. The summed E-state index contributed by atoms with van der Waals surface area (Å²) < 4.78 is 26.4. The van der Waals surface area contributed by atoms with Crippen molar-refractivity contribution in [1.29, 1.82) is 21.0 Å². The third-order valence-electron chi connectivity index (χ3n) is 20.8. The Morgan fingerprint density at radius 1 is 0.394 bits per heavy atom. The lowest BCUT2D eigenvalue weighted by Gasteiger charge is -2.29. The van der Waals surface area contributed by atoms with Gasteiger partial charge in [-0.15, -0.1) is 5.10 Å². The van der Waals surface area contributed by atoms with E-state index in [1.165, 1.54) is 11.5 Å². The third kappa shape index (κ3) is 24.6. The summed E-state index contributed by atoms with van der Waals surface area (Å²) in [5, 5.41) is 45.7. The van der Waals surface area contributed by atoms with Crippen LogP contribution in [0.3, 0.4) is 0 Å². The Morgan fingerprint density at radius 3 is 1.06 bits per heavy atom. The van der Waals surface area contributed by atoms with Crippen molar-refractivity contribution in [3.05, 3.63) is 210 Å². The monoisotopic (exact) mass is 1550 g/mol. The predicted molar refractivity (Wildman–Crippen MR) is 424 cm³/mol. The zero-order valence-electron chi connectivity index (χ0n) is 63.7. The second-order valence-electron chi connectivity index (χ2n) is 30.1. The molecule has 0 aliphatic heterocycles. The van der Waals surface area contributed by atoms with Gasteiger partial charge in [0.25, 0.3) is 0 Å². The highest BCUT2D eigenvalue weighted by molar-refractivity contribution is 6.32. The van der Waals surface area contributed by atoms with Gasteiger partial charge in [-0.3, -0.25) is 24.4 Å². The summed E-state index contributed by atoms with van der Waals surface area (Å²) in [5.41, 5.74) is 7.54. The normalized spacial score (nSPS) is 19.5. The standard InChI is InChI=1S/C23H25ClN2O2.2C22H24ClN3O2.C20H24ClN3O/c1-15(2)18-6-10-22(26-14-18)23(27)11-16-3-7-19(8-4-16)28-20-9-5-17(13-25)21(24)12-20;1-14(2)20-12-26-21(13-25-20)22(27)9-15-3-6-17(7-4-15)28-18-8-5-16(11-24)19(23)10-18;1-14(2)20-9-10-21(26-25-20)22(27)11-15-3-6-17(7-4-15)28-18-8-5-16(13-24)19(23)12-18;1-13(2)19-12-23-20(24(19)3)14-4-7-16(8-5-14)25-17-9-6-15(11-22)18(21)10-17/h5-6,9-10,12,14-16,19H,3-4,7-8,11H2,1-2H3;5,8,10,12-15,17H,3-4,6-7,9H2,1-2H3;5,8-10,12,14-15,17H,3-4,6-7,11H2,1-2H3;6,9-10,12-14,16H,4-5,7-8H2,1-3H3. The second kappa shape index (κ2) is 41.0. The molecule has 0 saturated heterocycles. The summed E-state index contributed by atoms with van der Waals surface area (Å²) in [4.78, 5) is 55.2. The van der Waals surface area contributed by atoms with E-state index >= 15 is 0 Å². The molecular weight excluding hydrogens is 1450 g/mol. The van der Waals surface area contributed by atoms with Crippen molar-refractivity contribution in [3.8, 4) is 47.3 Å². The van der Waals surface area contributed by atoms with Crippen molar-refractivity contribution in [1.82, 2.24) is 34.7 Å². The van der Waals surface area contributed by atoms with Gasteiger partial charge in [-0.25, -0.2) is 9.97 Å². The van der Waals surface area contributed by atoms with Crippen LogP contribution in [0.2, 0.25) is 20.1 Å². The number of carbonyl (C=O) groups excluding carboxylic acids is 3. The lowest BCUT2D eigenvalue weighted by Crippen LogP contribution is -2.25. The fraction of sp³-hybridized carbons (Fsp3) is 0.460. The molecule has 109 heavy (non-hydrogen) atoms. The minimum Gasteiger partial charge on any atom is -0.490 e. The molecule has 0 bridgehead atoms. The van der Waals surface area contributed by atoms with E-state index in [0.717, 1.165) is 125 Å². The van der Waals surface area contributed by atoms with Crippen LogP contribution < -0.4 is 18.9 Å². The average Bonchev–Trinajstić information content (AvgIpc) is 1.69. The molecule has 0 unspecified atom stereocenters. The van der Waals surface area contributed by atoms with Crippen molar-refractivity contribution >= 4 is 63.8 Å². The molecule has 4 fully saturated rings. The molecule has 0 amide bonds. The van der Waals surface area contributed by atoms with E-state index in [2.05, 4.69) is 103 Å². The highest BCUT2D eigenvalue weighted by Gasteiger charge is 2.31. The zero-order valence-corrected chi connectivity index (χ0v) is 66.7. The summed E-state index contributed by atoms with van der Waals surface area (Å²) in [5.74, 6) is 7.34. The van der Waals surface area contributed by atoms with Crippen molar-refractivity contribution in [2.24, 2.45) is 24.8 Å². The average molecular weight is 1550 g/mol. The fourth-order valence-corrected chi connectivity index (χ4v) is 15.0. The first-order chi connectivity index (χ1) is 52.4. The van der Waals surface area contributed by atoms with Crippen LogP contribution in [0.5, 0.6) is 23.0 Å². The molecule has 18 nitrogen and oxygen atoms in total. The molecule has 4 aromatic heterocycles. The number of halogens is 4. The van der Waals surface area contributed by atoms with E-state index in [0.29, 0.717) is 143 Å². The summed E-state index contributed by atoms with van der Waals surface area (Å²) in [6.07, 6.45) is 24.5. The van der Waals surface area contributed by atoms with Crippen LogP contribution in [0.1, 0.15) is 289 Å². The highest BCUT2D eigenvalue weighted by atomic mass is 35.5. The van der Waals surface area contributed by atoms with Gasteiger partial charge in [0.2, 0.25) is 0 Å². The first-order valence-electron chi connectivity index (χ1n) is 38.0. The van der Waals surface area contributed by atoms with Gasteiger partial charge in [0, 0.05) is 80.8 Å². The molecule has 0 N–H and O–H groups in total. The van der Waals surface area contributed by atoms with E-state index in [-0.39, 0.29) is 41.8 Å². The predicted octanol–water partition coefficient (Wildman–Crippen LogP) is 21.8. The number of nitriles is 4. The van der Waals surface area contributed by atoms with E-state index in [9.17, 15) is 14.4 Å². The van der Waals surface area contributed by atoms with Crippen LogP contribution in [0.25, 0.3) is 0 Å². The Morgan fingerprint density at radius 2 is 0.761 bits per heavy atom. The maximum absolute atomic E-state index is 12.5. The smallest absolute Gasteiger partial charge is 0.183 e. The second-order valence-corrected chi connectivity index (χ2v) is 31.8. The summed E-state index contributed by atoms with van der Waals surface area (Å²) >= 11 is 24.3. The molecule has 8 aromatic rings. The van der Waals surface area contributed by atoms with Gasteiger partial charge < -0.3 is 23.5 Å². The lowest BCUT2D eigenvalue weighted by molar-refractivity contribution is 0.0891. The van der Waals surface area contributed by atoms with Crippen LogP contribution in [-0.2, 0) is 7.05 Å². The summed E-state index contributed by atoms with van der Waals surface area (Å²) in [7, 11) is 2.12. The van der Waals surface area contributed by atoms with E-state index in [1.807, 2.05) is 54.9 Å². The molecule has 12 rings (SSSR count). The Bertz CT molecular complexity index is 4180. The van der Waals surface area contributed by atoms with Gasteiger partial charge in [-0.2, -0.15) is 26.1 Å². The Kier molecular flexibility index (Phi) is 31.5. The summed E-state index contributed by atoms with van der Waals surface area (Å²) in [6.45, 7) is 16.9. The Labute approximate surface area is 661 Å². The number of rotatable bonds is 22. The fourth-order valence-electron chi connectivity index (χ4n) is 14.2. The SMILES string of the molecule is CC(C)c1ccc(C(=O)CC2CCC(Oc3ccc(C#N)c(Cl)c3)CC2)nc1.CC(C)c1ccc(C(=O)CC2CCC(Oc3ccc(C#N)c(Cl)c3)CC2)nn1.CC(C)c1cnc(C(=O)CC2CCC(Oc3ccc(C#N)c(Cl)c3)CC2)cn1.CC(C)c1cnc(C2CCC(Oc3ccc(C#N)c(Cl)c3)CC2)n1C. The number of pyridine rings is 1. The number of Topliss-reactive ketones (excluding diaryl/α,β-unsaturated/α-hetero) is 3. The van der Waals surface area contributed by atoms with Crippen molar-refractivity contribution < 1.29 is 33.3 Å². The van der Waals surface area contributed by atoms with Gasteiger partial charge in [0.05, 0.1) is 84.3 Å². The number of benzene rings is 4. The number of ketones is 3. The molecule has 4 aliphatic carbocycles. The Hall–Kier alpha value is -9.27. The first-order valence-corrected chi connectivity index (χ1v) is 39.6. The maximum Gasteiger partial charge on any atom is 0.183 e. The minimum atomic E-state index is 0.0612. The third-order valence-corrected chi connectivity index (χ3v) is 22.1. The van der Waals surface area contributed by atoms with Crippen LogP contribution >= 0.6 is 46.4 Å². The number of aromatic nitrogens is 7. The lowest BCUT2D eigenvalue weighted by atomic mass is 9.83. The molecule has 0 spiro atoms. The minimum absolute atomic E-state index is 0.0612. The summed E-state index contributed by atoms with van der Waals surface area (Å²) in [6, 6.07) is 36.4. The largest absolute Gasteiger partial charge is 0.490 e. The van der Waals surface area contributed by atoms with Crippen molar-refractivity contribution in [2.75, 3.05) is 0 Å². The molecule has 22 heteroatoms. The van der Waals surface area contributed by atoms with Crippen molar-refractivity contribution in [2.45, 2.75) is 231 Å². The maximum atomic E-state index is 12.5. The molecule has 4 aliphatic rings. The number of carbonyl (C=O) groups is 3. The van der Waals surface area contributed by atoms with Gasteiger partial charge >= 0.3 is 0 Å². The molecule has 570 valence electrons. The quantitative estimate of drug-likeness (QED) is 0.0571. The van der Waals surface area contributed by atoms with Crippen LogP contribution in [0.15, 0.2) is 122 Å². The zero-order chi connectivity index (χ0) is 78.3. The van der Waals surface area contributed by atoms with Crippen LogP contribution in [0, 0.1) is 63.1 Å². The highest BCUT2D eigenvalue weighted by Crippen LogP contribution is 2.39. The number of ether oxygens (including phenoxy) is 4. The molecule has 4 aromatic carbocycles.